The van der Waals surface area contributed by atoms with Crippen molar-refractivity contribution in [2.24, 2.45) is 0 Å². The van der Waals surface area contributed by atoms with Crippen molar-refractivity contribution in [2.75, 3.05) is 14.2 Å². The third-order valence-corrected chi connectivity index (χ3v) is 4.43. The molecule has 0 spiro atoms. The Morgan fingerprint density at radius 2 is 1.92 bits per heavy atom. The number of ether oxygens (including phenoxy) is 2. The fourth-order valence-corrected chi connectivity index (χ4v) is 2.65. The van der Waals surface area contributed by atoms with Gasteiger partial charge in [-0.05, 0) is 32.0 Å². The van der Waals surface area contributed by atoms with Crippen molar-refractivity contribution in [3.05, 3.63) is 51.4 Å². The lowest BCUT2D eigenvalue weighted by Gasteiger charge is -2.21. The van der Waals surface area contributed by atoms with Gasteiger partial charge in [0.05, 0.1) is 23.7 Å². The third-order valence-electron chi connectivity index (χ3n) is 3.70. The fraction of sp³-hybridized carbons (Fsp3) is 0.333. The van der Waals surface area contributed by atoms with E-state index in [1.807, 2.05) is 0 Å². The minimum atomic E-state index is -0.742. The van der Waals surface area contributed by atoms with Gasteiger partial charge in [0, 0.05) is 13.1 Å². The molecule has 0 unspecified atom stereocenters. The van der Waals surface area contributed by atoms with E-state index in [4.69, 9.17) is 32.4 Å². The molecule has 6 nitrogen and oxygen atoms in total. The van der Waals surface area contributed by atoms with Crippen LogP contribution >= 0.6 is 23.2 Å². The summed E-state index contributed by atoms with van der Waals surface area (Å²) in [6, 6.07) is 6.35. The number of rotatable bonds is 6. The van der Waals surface area contributed by atoms with Gasteiger partial charge in [0.1, 0.15) is 22.8 Å². The number of hydrogen-bond acceptors (Lipinski definition) is 5. The zero-order chi connectivity index (χ0) is 19.4. The number of halogens is 2. The van der Waals surface area contributed by atoms with E-state index in [1.165, 1.54) is 12.0 Å². The van der Waals surface area contributed by atoms with Crippen LogP contribution in [0.25, 0.3) is 0 Å². The fourth-order valence-electron chi connectivity index (χ4n) is 2.36. The zero-order valence-electron chi connectivity index (χ0n) is 14.8. The predicted octanol–water partition coefficient (Wildman–Crippen LogP) is 4.11. The lowest BCUT2D eigenvalue weighted by atomic mass is 10.2. The minimum Gasteiger partial charge on any atom is -0.481 e. The Balaban J connectivity index is 2.02. The minimum absolute atomic E-state index is 0.186. The number of amides is 1. The van der Waals surface area contributed by atoms with E-state index < -0.39 is 12.1 Å². The van der Waals surface area contributed by atoms with Gasteiger partial charge < -0.3 is 18.8 Å². The molecule has 0 aliphatic heterocycles. The van der Waals surface area contributed by atoms with E-state index in [1.54, 1.807) is 45.2 Å². The second kappa shape index (κ2) is 8.47. The van der Waals surface area contributed by atoms with Crippen molar-refractivity contribution < 1.29 is 23.5 Å². The monoisotopic (exact) mass is 399 g/mol. The lowest BCUT2D eigenvalue weighted by Crippen LogP contribution is -2.37. The summed E-state index contributed by atoms with van der Waals surface area (Å²) in [5, 5.41) is 0.753. The first-order valence-corrected chi connectivity index (χ1v) is 8.52. The SMILES string of the molecule is COC(=O)c1cc(CN(C)C(=O)[C@H](C)Oc2ccc(Cl)c(Cl)c2)oc1C. The normalized spacial score (nSPS) is 11.8. The maximum atomic E-state index is 12.5. The number of aryl methyl sites for hydroxylation is 1. The van der Waals surface area contributed by atoms with Crippen LogP contribution in [0.1, 0.15) is 28.8 Å². The molecule has 1 aromatic heterocycles. The van der Waals surface area contributed by atoms with E-state index in [-0.39, 0.29) is 12.5 Å². The number of hydrogen-bond donors (Lipinski definition) is 0. The highest BCUT2D eigenvalue weighted by atomic mass is 35.5. The molecule has 1 aromatic carbocycles. The first kappa shape index (κ1) is 20.1. The molecular formula is C18H19Cl2NO5. The van der Waals surface area contributed by atoms with Gasteiger partial charge in [0.25, 0.3) is 5.91 Å². The molecule has 8 heteroatoms. The summed E-state index contributed by atoms with van der Waals surface area (Å²) in [5.41, 5.74) is 0.337. The molecule has 2 rings (SSSR count). The Hall–Kier alpha value is -2.18. The molecule has 0 saturated heterocycles. The van der Waals surface area contributed by atoms with Gasteiger partial charge in [0.2, 0.25) is 0 Å². The van der Waals surface area contributed by atoms with Crippen LogP contribution in [0, 0.1) is 6.92 Å². The zero-order valence-corrected chi connectivity index (χ0v) is 16.4. The highest BCUT2D eigenvalue weighted by Crippen LogP contribution is 2.27. The molecule has 1 atom stereocenters. The number of furan rings is 1. The quantitative estimate of drug-likeness (QED) is 0.683. The third kappa shape index (κ3) is 4.71. The predicted molar refractivity (Wildman–Crippen MR) is 97.8 cm³/mol. The molecule has 0 N–H and O–H groups in total. The molecule has 0 bridgehead atoms. The maximum absolute atomic E-state index is 12.5. The van der Waals surface area contributed by atoms with E-state index in [2.05, 4.69) is 4.74 Å². The van der Waals surface area contributed by atoms with Crippen molar-refractivity contribution in [2.45, 2.75) is 26.5 Å². The molecule has 0 radical (unpaired) electrons. The molecule has 140 valence electrons. The number of esters is 1. The Morgan fingerprint density at radius 1 is 1.23 bits per heavy atom. The van der Waals surface area contributed by atoms with Crippen LogP contribution in [0.15, 0.2) is 28.7 Å². The second-order valence-electron chi connectivity index (χ2n) is 5.70. The summed E-state index contributed by atoms with van der Waals surface area (Å²) >= 11 is 11.8. The van der Waals surface area contributed by atoms with Crippen LogP contribution in [-0.2, 0) is 16.1 Å². The smallest absolute Gasteiger partial charge is 0.341 e. The Bertz CT molecular complexity index is 818. The average molecular weight is 400 g/mol. The summed E-state index contributed by atoms with van der Waals surface area (Å²) < 4.78 is 15.8. The lowest BCUT2D eigenvalue weighted by molar-refractivity contribution is -0.137. The van der Waals surface area contributed by atoms with E-state index in [0.29, 0.717) is 32.9 Å². The summed E-state index contributed by atoms with van der Waals surface area (Å²) in [6.07, 6.45) is -0.742. The van der Waals surface area contributed by atoms with Gasteiger partial charge in [-0.2, -0.15) is 0 Å². The molecule has 0 fully saturated rings. The largest absolute Gasteiger partial charge is 0.481 e. The van der Waals surface area contributed by atoms with Crippen molar-refractivity contribution in [1.29, 1.82) is 0 Å². The number of methoxy groups -OCH3 is 1. The number of likely N-dealkylation sites (N-methyl/N-ethyl adjacent to an activating group) is 1. The number of carbonyl (C=O) groups excluding carboxylic acids is 2. The highest BCUT2D eigenvalue weighted by molar-refractivity contribution is 6.42. The highest BCUT2D eigenvalue weighted by Gasteiger charge is 2.22. The Kier molecular flexibility index (Phi) is 6.56. The molecule has 0 aliphatic rings. The van der Waals surface area contributed by atoms with Crippen molar-refractivity contribution in [3.8, 4) is 5.75 Å². The number of nitrogens with zero attached hydrogens (tertiary/aromatic N) is 1. The Labute approximate surface area is 161 Å². The summed E-state index contributed by atoms with van der Waals surface area (Å²) in [4.78, 5) is 25.6. The first-order valence-electron chi connectivity index (χ1n) is 7.77. The van der Waals surface area contributed by atoms with Crippen LogP contribution in [0.4, 0.5) is 0 Å². The first-order chi connectivity index (χ1) is 12.2. The molecule has 2 aromatic rings. The number of carbonyl (C=O) groups is 2. The maximum Gasteiger partial charge on any atom is 0.341 e. The molecule has 0 aliphatic carbocycles. The molecule has 0 saturated carbocycles. The van der Waals surface area contributed by atoms with Gasteiger partial charge in [-0.1, -0.05) is 23.2 Å². The summed E-state index contributed by atoms with van der Waals surface area (Å²) in [6.45, 7) is 3.48. The molecule has 1 amide bonds. The van der Waals surface area contributed by atoms with Gasteiger partial charge in [0.15, 0.2) is 6.10 Å². The van der Waals surface area contributed by atoms with Crippen LogP contribution in [-0.4, -0.2) is 37.0 Å². The van der Waals surface area contributed by atoms with Crippen LogP contribution < -0.4 is 4.74 Å². The Morgan fingerprint density at radius 3 is 2.54 bits per heavy atom. The topological polar surface area (TPSA) is 69.0 Å². The molecule has 26 heavy (non-hydrogen) atoms. The van der Waals surface area contributed by atoms with Gasteiger partial charge in [-0.3, -0.25) is 4.79 Å². The second-order valence-corrected chi connectivity index (χ2v) is 6.52. The van der Waals surface area contributed by atoms with Gasteiger partial charge in [-0.15, -0.1) is 0 Å². The van der Waals surface area contributed by atoms with Crippen LogP contribution in [0.3, 0.4) is 0 Å². The van der Waals surface area contributed by atoms with Crippen molar-refractivity contribution in [1.82, 2.24) is 4.90 Å². The van der Waals surface area contributed by atoms with E-state index in [0.717, 1.165) is 0 Å². The van der Waals surface area contributed by atoms with Crippen LogP contribution in [0.2, 0.25) is 10.0 Å². The number of benzene rings is 1. The standard InChI is InChI=1S/C18H19Cl2NO5/c1-10-14(18(23)24-4)7-13(25-10)9-21(3)17(22)11(2)26-12-5-6-15(19)16(20)8-12/h5-8,11H,9H2,1-4H3/t11-/m0/s1. The van der Waals surface area contributed by atoms with Crippen molar-refractivity contribution >= 4 is 35.1 Å². The van der Waals surface area contributed by atoms with Gasteiger partial charge in [-0.25, -0.2) is 4.79 Å². The van der Waals surface area contributed by atoms with Crippen LogP contribution in [0.5, 0.6) is 5.75 Å². The van der Waals surface area contributed by atoms with Crippen molar-refractivity contribution in [3.63, 3.8) is 0 Å². The molecular weight excluding hydrogens is 381 g/mol. The van der Waals surface area contributed by atoms with E-state index >= 15 is 0 Å². The van der Waals surface area contributed by atoms with Gasteiger partial charge >= 0.3 is 5.97 Å². The van der Waals surface area contributed by atoms with E-state index in [9.17, 15) is 9.59 Å². The molecule has 1 heterocycles. The average Bonchev–Trinajstić information content (AvgIpc) is 2.96. The summed E-state index contributed by atoms with van der Waals surface area (Å²) in [7, 11) is 2.92. The summed E-state index contributed by atoms with van der Waals surface area (Å²) in [5.74, 6) is 0.608.